The van der Waals surface area contributed by atoms with Crippen molar-refractivity contribution in [2.24, 2.45) is 0 Å². The van der Waals surface area contributed by atoms with E-state index in [-0.39, 0.29) is 12.3 Å². The van der Waals surface area contributed by atoms with Crippen molar-refractivity contribution in [3.05, 3.63) is 53.6 Å². The molecule has 0 bridgehead atoms. The Kier molecular flexibility index (Phi) is 5.78. The number of carbonyl (C=O) groups excluding carboxylic acids is 1. The number of carbonyl (C=O) groups is 1. The first kappa shape index (κ1) is 18.9. The van der Waals surface area contributed by atoms with E-state index in [4.69, 9.17) is 9.47 Å². The van der Waals surface area contributed by atoms with E-state index >= 15 is 0 Å². The van der Waals surface area contributed by atoms with Crippen LogP contribution in [0, 0.1) is 11.6 Å². The second kappa shape index (κ2) is 8.24. The van der Waals surface area contributed by atoms with Gasteiger partial charge in [0.15, 0.2) is 23.1 Å². The van der Waals surface area contributed by atoms with E-state index in [1.807, 2.05) is 11.0 Å². The van der Waals surface area contributed by atoms with Crippen LogP contribution in [0.3, 0.4) is 0 Å². The monoisotopic (exact) mass is 376 g/mol. The molecule has 0 unspecified atom stereocenters. The molecule has 1 aliphatic rings. The SMILES string of the molecule is COc1ccc(CC(=O)N2CCN(c3ccc(F)c(F)c3)CC2)cc1OC. The van der Waals surface area contributed by atoms with Gasteiger partial charge in [-0.2, -0.15) is 0 Å². The van der Waals surface area contributed by atoms with Crippen LogP contribution in [0.2, 0.25) is 0 Å². The highest BCUT2D eigenvalue weighted by Gasteiger charge is 2.22. The summed E-state index contributed by atoms with van der Waals surface area (Å²) in [6, 6.07) is 9.29. The Morgan fingerprint density at radius 3 is 2.26 bits per heavy atom. The Labute approximate surface area is 157 Å². The molecule has 1 saturated heterocycles. The maximum atomic E-state index is 13.4. The lowest BCUT2D eigenvalue weighted by Gasteiger charge is -2.36. The number of methoxy groups -OCH3 is 2. The molecule has 5 nitrogen and oxygen atoms in total. The first-order valence-electron chi connectivity index (χ1n) is 8.70. The van der Waals surface area contributed by atoms with E-state index in [2.05, 4.69) is 0 Å². The molecule has 1 amide bonds. The van der Waals surface area contributed by atoms with E-state index in [0.29, 0.717) is 43.4 Å². The predicted molar refractivity (Wildman–Crippen MR) is 98.4 cm³/mol. The molecule has 0 spiro atoms. The lowest BCUT2D eigenvalue weighted by Crippen LogP contribution is -2.49. The molecular formula is C20H22F2N2O3. The smallest absolute Gasteiger partial charge is 0.227 e. The zero-order chi connectivity index (χ0) is 19.4. The van der Waals surface area contributed by atoms with Crippen LogP contribution in [0.5, 0.6) is 11.5 Å². The van der Waals surface area contributed by atoms with E-state index in [1.54, 1.807) is 37.3 Å². The largest absolute Gasteiger partial charge is 0.493 e. The topological polar surface area (TPSA) is 42.0 Å². The summed E-state index contributed by atoms with van der Waals surface area (Å²) >= 11 is 0. The van der Waals surface area contributed by atoms with Gasteiger partial charge in [-0.15, -0.1) is 0 Å². The van der Waals surface area contributed by atoms with Crippen molar-refractivity contribution in [2.45, 2.75) is 6.42 Å². The van der Waals surface area contributed by atoms with Gasteiger partial charge < -0.3 is 19.3 Å². The number of ether oxygens (including phenoxy) is 2. The van der Waals surface area contributed by atoms with Crippen molar-refractivity contribution >= 4 is 11.6 Å². The van der Waals surface area contributed by atoms with Gasteiger partial charge in [-0.1, -0.05) is 6.07 Å². The van der Waals surface area contributed by atoms with Crippen molar-refractivity contribution in [3.8, 4) is 11.5 Å². The molecule has 2 aromatic rings. The number of piperazine rings is 1. The number of rotatable bonds is 5. The molecule has 1 fully saturated rings. The number of halogens is 2. The summed E-state index contributed by atoms with van der Waals surface area (Å²) in [5.74, 6) is -0.492. The first-order chi connectivity index (χ1) is 13.0. The fraction of sp³-hybridized carbons (Fsp3) is 0.350. The molecule has 0 N–H and O–H groups in total. The quantitative estimate of drug-likeness (QED) is 0.805. The van der Waals surface area contributed by atoms with E-state index in [0.717, 1.165) is 11.6 Å². The van der Waals surface area contributed by atoms with Crippen LogP contribution in [0.15, 0.2) is 36.4 Å². The summed E-state index contributed by atoms with van der Waals surface area (Å²) in [6.45, 7) is 2.21. The highest BCUT2D eigenvalue weighted by molar-refractivity contribution is 5.79. The Morgan fingerprint density at radius 1 is 0.926 bits per heavy atom. The second-order valence-electron chi connectivity index (χ2n) is 6.33. The number of anilines is 1. The zero-order valence-corrected chi connectivity index (χ0v) is 15.4. The Bertz CT molecular complexity index is 821. The second-order valence-corrected chi connectivity index (χ2v) is 6.33. The minimum Gasteiger partial charge on any atom is -0.493 e. The Balaban J connectivity index is 1.59. The molecule has 0 aliphatic carbocycles. The molecule has 7 heteroatoms. The molecule has 2 aromatic carbocycles. The van der Waals surface area contributed by atoms with Gasteiger partial charge in [0.2, 0.25) is 5.91 Å². The molecule has 0 atom stereocenters. The lowest BCUT2D eigenvalue weighted by molar-refractivity contribution is -0.130. The van der Waals surface area contributed by atoms with Crippen molar-refractivity contribution in [1.29, 1.82) is 0 Å². The van der Waals surface area contributed by atoms with Crippen molar-refractivity contribution in [1.82, 2.24) is 4.90 Å². The summed E-state index contributed by atoms with van der Waals surface area (Å²) in [5, 5.41) is 0. The van der Waals surface area contributed by atoms with Crippen molar-refractivity contribution in [2.75, 3.05) is 45.3 Å². The van der Waals surface area contributed by atoms with Gasteiger partial charge in [-0.25, -0.2) is 8.78 Å². The minimum absolute atomic E-state index is 0.0205. The molecule has 144 valence electrons. The summed E-state index contributed by atoms with van der Waals surface area (Å²) < 4.78 is 37.0. The molecule has 1 aliphatic heterocycles. The molecule has 1 heterocycles. The third-order valence-corrected chi connectivity index (χ3v) is 4.70. The Morgan fingerprint density at radius 2 is 1.63 bits per heavy atom. The molecule has 0 radical (unpaired) electrons. The van der Waals surface area contributed by atoms with Crippen LogP contribution in [0.1, 0.15) is 5.56 Å². The van der Waals surface area contributed by atoms with Crippen molar-refractivity contribution in [3.63, 3.8) is 0 Å². The number of benzene rings is 2. The van der Waals surface area contributed by atoms with Gasteiger partial charge in [-0.05, 0) is 29.8 Å². The average Bonchev–Trinajstić information content (AvgIpc) is 2.70. The van der Waals surface area contributed by atoms with E-state index < -0.39 is 11.6 Å². The summed E-state index contributed by atoms with van der Waals surface area (Å²) in [4.78, 5) is 16.3. The van der Waals surface area contributed by atoms with Crippen molar-refractivity contribution < 1.29 is 23.0 Å². The lowest BCUT2D eigenvalue weighted by atomic mass is 10.1. The highest BCUT2D eigenvalue weighted by atomic mass is 19.2. The van der Waals surface area contributed by atoms with Gasteiger partial charge in [0.25, 0.3) is 0 Å². The summed E-state index contributed by atoms with van der Waals surface area (Å²) in [7, 11) is 3.12. The standard InChI is InChI=1S/C20H22F2N2O3/c1-26-18-6-3-14(11-19(18)27-2)12-20(25)24-9-7-23(8-10-24)15-4-5-16(21)17(22)13-15/h3-6,11,13H,7-10,12H2,1-2H3. The van der Waals surface area contributed by atoms with Crippen LogP contribution in [-0.4, -0.2) is 51.2 Å². The average molecular weight is 376 g/mol. The van der Waals surface area contributed by atoms with Gasteiger partial charge in [-0.3, -0.25) is 4.79 Å². The summed E-state index contributed by atoms with van der Waals surface area (Å²) in [5.41, 5.74) is 1.47. The maximum Gasteiger partial charge on any atom is 0.227 e. The zero-order valence-electron chi connectivity index (χ0n) is 15.4. The maximum absolute atomic E-state index is 13.4. The highest BCUT2D eigenvalue weighted by Crippen LogP contribution is 2.28. The van der Waals surface area contributed by atoms with Gasteiger partial charge in [0, 0.05) is 37.9 Å². The fourth-order valence-electron chi connectivity index (χ4n) is 3.17. The fourth-order valence-corrected chi connectivity index (χ4v) is 3.17. The molecule has 27 heavy (non-hydrogen) atoms. The van der Waals surface area contributed by atoms with Gasteiger partial charge in [0.05, 0.1) is 20.6 Å². The normalized spacial score (nSPS) is 14.2. The number of hydrogen-bond donors (Lipinski definition) is 0. The van der Waals surface area contributed by atoms with Crippen LogP contribution in [-0.2, 0) is 11.2 Å². The Hall–Kier alpha value is -2.83. The number of amides is 1. The first-order valence-corrected chi connectivity index (χ1v) is 8.70. The number of hydrogen-bond acceptors (Lipinski definition) is 4. The summed E-state index contributed by atoms with van der Waals surface area (Å²) in [6.07, 6.45) is 0.269. The van der Waals surface area contributed by atoms with Crippen LogP contribution in [0.25, 0.3) is 0 Å². The minimum atomic E-state index is -0.862. The van der Waals surface area contributed by atoms with Crippen LogP contribution in [0.4, 0.5) is 14.5 Å². The number of nitrogens with zero attached hydrogens (tertiary/aromatic N) is 2. The van der Waals surface area contributed by atoms with Crippen LogP contribution < -0.4 is 14.4 Å². The van der Waals surface area contributed by atoms with Gasteiger partial charge in [0.1, 0.15) is 0 Å². The molecule has 3 rings (SSSR count). The predicted octanol–water partition coefficient (Wildman–Crippen LogP) is 2.87. The third-order valence-electron chi connectivity index (χ3n) is 4.70. The third kappa shape index (κ3) is 4.30. The molecule has 0 saturated carbocycles. The van der Waals surface area contributed by atoms with Crippen LogP contribution >= 0.6 is 0 Å². The van der Waals surface area contributed by atoms with E-state index in [1.165, 1.54) is 6.07 Å². The molecule has 0 aromatic heterocycles. The molecular weight excluding hydrogens is 354 g/mol. The van der Waals surface area contributed by atoms with E-state index in [9.17, 15) is 13.6 Å². The van der Waals surface area contributed by atoms with Gasteiger partial charge >= 0.3 is 0 Å².